The average Bonchev–Trinajstić information content (AvgIpc) is 3.27. The number of thioether (sulfide) groups is 1. The van der Waals surface area contributed by atoms with Crippen molar-refractivity contribution in [2.45, 2.75) is 18.5 Å². The van der Waals surface area contributed by atoms with Crippen LogP contribution in [0.25, 0.3) is 11.6 Å². The largest absolute Gasteiger partial charge is 0.461 e. The number of carbonyl (C=O) groups is 2. The molecular weight excluding hydrogens is 388 g/mol. The Bertz CT molecular complexity index is 1020. The fraction of sp³-hybridized carbons (Fsp3) is 0.238. The van der Waals surface area contributed by atoms with Crippen LogP contribution in [0.1, 0.15) is 32.0 Å². The van der Waals surface area contributed by atoms with Crippen molar-refractivity contribution in [2.24, 2.45) is 0 Å². The van der Waals surface area contributed by atoms with Crippen LogP contribution in [0.3, 0.4) is 0 Å². The van der Waals surface area contributed by atoms with E-state index < -0.39 is 0 Å². The molecule has 2 heterocycles. The summed E-state index contributed by atoms with van der Waals surface area (Å²) in [5.74, 6) is 0.719. The second-order valence-corrected chi connectivity index (χ2v) is 7.23. The highest BCUT2D eigenvalue weighted by Crippen LogP contribution is 2.26. The third kappa shape index (κ3) is 4.48. The Balaban J connectivity index is 1.83. The Labute approximate surface area is 173 Å². The summed E-state index contributed by atoms with van der Waals surface area (Å²) in [6.07, 6.45) is 3.44. The van der Waals surface area contributed by atoms with Crippen molar-refractivity contribution in [1.29, 1.82) is 0 Å². The maximum atomic E-state index is 13.1. The van der Waals surface area contributed by atoms with Gasteiger partial charge < -0.3 is 14.6 Å². The monoisotopic (exact) mass is 410 g/mol. The first-order chi connectivity index (χ1) is 13.9. The topological polar surface area (TPSA) is 88.3 Å². The van der Waals surface area contributed by atoms with Gasteiger partial charge in [-0.3, -0.25) is 9.59 Å². The molecule has 1 N–H and O–H groups in total. The van der Waals surface area contributed by atoms with Crippen LogP contribution >= 0.6 is 11.8 Å². The van der Waals surface area contributed by atoms with Gasteiger partial charge in [-0.15, -0.1) is 11.8 Å². The molecule has 0 fully saturated rings. The molecule has 0 saturated heterocycles. The number of hydrogen-bond donors (Lipinski definition) is 1. The quantitative estimate of drug-likeness (QED) is 0.495. The molecule has 0 aliphatic carbocycles. The first kappa shape index (κ1) is 20.6. The smallest absolute Gasteiger partial charge is 0.258 e. The van der Waals surface area contributed by atoms with Gasteiger partial charge in [0.05, 0.1) is 17.5 Å². The number of hydrogen-bond acceptors (Lipinski definition) is 6. The molecule has 0 unspecified atom stereocenters. The highest BCUT2D eigenvalue weighted by atomic mass is 32.2. The highest BCUT2D eigenvalue weighted by molar-refractivity contribution is 7.98. The van der Waals surface area contributed by atoms with Gasteiger partial charge in [0.25, 0.3) is 11.8 Å². The maximum absolute atomic E-state index is 13.1. The van der Waals surface area contributed by atoms with Gasteiger partial charge in [-0.05, 0) is 43.0 Å². The number of amides is 2. The minimum Gasteiger partial charge on any atom is -0.461 e. The zero-order valence-corrected chi connectivity index (χ0v) is 17.5. The number of nitrogens with one attached hydrogen (secondary N) is 1. The SMILES string of the molecule is CNC(=O)c1ccc(CN(C)C(=O)c2c(C)nc(-c3ccco3)nc2SC)cc1. The van der Waals surface area contributed by atoms with E-state index in [1.807, 2.05) is 18.4 Å². The molecule has 0 atom stereocenters. The van der Waals surface area contributed by atoms with E-state index in [1.165, 1.54) is 11.8 Å². The molecule has 3 rings (SSSR count). The molecule has 0 bridgehead atoms. The first-order valence-electron chi connectivity index (χ1n) is 8.97. The van der Waals surface area contributed by atoms with E-state index in [4.69, 9.17) is 4.42 Å². The second kappa shape index (κ2) is 8.91. The summed E-state index contributed by atoms with van der Waals surface area (Å²) in [6.45, 7) is 2.20. The number of carbonyl (C=O) groups excluding carboxylic acids is 2. The van der Waals surface area contributed by atoms with Gasteiger partial charge in [-0.2, -0.15) is 0 Å². The molecule has 3 aromatic rings. The van der Waals surface area contributed by atoms with Crippen LogP contribution in [0.15, 0.2) is 52.1 Å². The minimum absolute atomic E-state index is 0.144. The standard InChI is InChI=1S/C21H22N4O3S/c1-13-17(20(29-4)24-18(23-13)16-6-5-11-28-16)21(27)25(3)12-14-7-9-15(10-8-14)19(26)22-2/h5-11H,12H2,1-4H3,(H,22,26). The van der Waals surface area contributed by atoms with Crippen molar-refractivity contribution in [2.75, 3.05) is 20.4 Å². The molecule has 2 aromatic heterocycles. The third-order valence-electron chi connectivity index (χ3n) is 4.42. The summed E-state index contributed by atoms with van der Waals surface area (Å²) < 4.78 is 5.38. The predicted molar refractivity (Wildman–Crippen MR) is 112 cm³/mol. The van der Waals surface area contributed by atoms with Crippen LogP contribution < -0.4 is 5.32 Å². The van der Waals surface area contributed by atoms with Crippen LogP contribution in [0.2, 0.25) is 0 Å². The van der Waals surface area contributed by atoms with Gasteiger partial charge in [0.2, 0.25) is 0 Å². The zero-order chi connectivity index (χ0) is 21.0. The molecule has 0 saturated carbocycles. The normalized spacial score (nSPS) is 10.6. The summed E-state index contributed by atoms with van der Waals surface area (Å²) in [5, 5.41) is 3.20. The number of nitrogens with zero attached hydrogens (tertiary/aromatic N) is 3. The predicted octanol–water partition coefficient (Wildman–Crippen LogP) is 3.40. The lowest BCUT2D eigenvalue weighted by Crippen LogP contribution is -2.28. The third-order valence-corrected chi connectivity index (χ3v) is 5.10. The van der Waals surface area contributed by atoms with E-state index in [-0.39, 0.29) is 11.8 Å². The van der Waals surface area contributed by atoms with Crippen LogP contribution in [0, 0.1) is 6.92 Å². The number of aryl methyl sites for hydroxylation is 1. The zero-order valence-electron chi connectivity index (χ0n) is 16.7. The molecule has 1 aromatic carbocycles. The minimum atomic E-state index is -0.159. The highest BCUT2D eigenvalue weighted by Gasteiger charge is 2.22. The molecule has 0 spiro atoms. The van der Waals surface area contributed by atoms with Crippen LogP contribution in [0.4, 0.5) is 0 Å². The molecule has 0 radical (unpaired) electrons. The summed E-state index contributed by atoms with van der Waals surface area (Å²) in [6, 6.07) is 10.7. The molecule has 150 valence electrons. The molecule has 0 aliphatic heterocycles. The summed E-state index contributed by atoms with van der Waals surface area (Å²) in [7, 11) is 3.33. The maximum Gasteiger partial charge on any atom is 0.258 e. The number of aromatic nitrogens is 2. The first-order valence-corrected chi connectivity index (χ1v) is 10.2. The molecular formula is C21H22N4O3S. The summed E-state index contributed by atoms with van der Waals surface area (Å²) in [4.78, 5) is 35.4. The van der Waals surface area contributed by atoms with Crippen LogP contribution in [-0.2, 0) is 6.54 Å². The van der Waals surface area contributed by atoms with Gasteiger partial charge in [0, 0.05) is 26.2 Å². The van der Waals surface area contributed by atoms with Crippen molar-refractivity contribution in [3.63, 3.8) is 0 Å². The Kier molecular flexibility index (Phi) is 6.33. The number of rotatable bonds is 6. The van der Waals surface area contributed by atoms with Crippen molar-refractivity contribution in [3.8, 4) is 11.6 Å². The average molecular weight is 410 g/mol. The number of benzene rings is 1. The van der Waals surface area contributed by atoms with Crippen molar-refractivity contribution < 1.29 is 14.0 Å². The van der Waals surface area contributed by atoms with E-state index in [1.54, 1.807) is 56.4 Å². The molecule has 7 nitrogen and oxygen atoms in total. The van der Waals surface area contributed by atoms with Crippen molar-refractivity contribution in [3.05, 3.63) is 65.0 Å². The second-order valence-electron chi connectivity index (χ2n) is 6.43. The fourth-order valence-electron chi connectivity index (χ4n) is 2.90. The van der Waals surface area contributed by atoms with Gasteiger partial charge in [-0.1, -0.05) is 12.1 Å². The molecule has 0 aliphatic rings. The van der Waals surface area contributed by atoms with E-state index >= 15 is 0 Å². The molecule has 8 heteroatoms. The Morgan fingerprint density at radius 2 is 1.90 bits per heavy atom. The molecule has 2 amide bonds. The lowest BCUT2D eigenvalue weighted by Gasteiger charge is -2.20. The van der Waals surface area contributed by atoms with Gasteiger partial charge in [-0.25, -0.2) is 9.97 Å². The summed E-state index contributed by atoms with van der Waals surface area (Å²) in [5.41, 5.74) is 2.58. The van der Waals surface area contributed by atoms with Gasteiger partial charge in [0.1, 0.15) is 5.03 Å². The lowest BCUT2D eigenvalue weighted by atomic mass is 10.1. The van der Waals surface area contributed by atoms with E-state index in [0.29, 0.717) is 40.0 Å². The Morgan fingerprint density at radius 3 is 2.48 bits per heavy atom. The fourth-order valence-corrected chi connectivity index (χ4v) is 3.52. The van der Waals surface area contributed by atoms with Gasteiger partial charge >= 0.3 is 0 Å². The molecule has 29 heavy (non-hydrogen) atoms. The van der Waals surface area contributed by atoms with E-state index in [0.717, 1.165) is 5.56 Å². The van der Waals surface area contributed by atoms with E-state index in [9.17, 15) is 9.59 Å². The van der Waals surface area contributed by atoms with Crippen LogP contribution in [-0.4, -0.2) is 47.0 Å². The van der Waals surface area contributed by atoms with Crippen LogP contribution in [0.5, 0.6) is 0 Å². The van der Waals surface area contributed by atoms with Gasteiger partial charge in [0.15, 0.2) is 11.6 Å². The van der Waals surface area contributed by atoms with E-state index in [2.05, 4.69) is 15.3 Å². The Morgan fingerprint density at radius 1 is 1.17 bits per heavy atom. The van der Waals surface area contributed by atoms with Crippen molar-refractivity contribution in [1.82, 2.24) is 20.2 Å². The Hall–Kier alpha value is -3.13. The lowest BCUT2D eigenvalue weighted by molar-refractivity contribution is 0.0779. The summed E-state index contributed by atoms with van der Waals surface area (Å²) >= 11 is 1.40. The van der Waals surface area contributed by atoms with Crippen molar-refractivity contribution >= 4 is 23.6 Å². The number of furan rings is 1.